The lowest BCUT2D eigenvalue weighted by Gasteiger charge is -2.28. The Hall–Kier alpha value is -2.57. The Morgan fingerprint density at radius 1 is 1.17 bits per heavy atom. The standard InChI is InChI=1S/C23H36N6O/c1-5-23(13-6-7-14-23)17-26-22(25-16-21-28-27-18(2)29(21)3)24-15-12-19-8-10-20(30-4)11-9-19/h8-11H,5-7,12-17H2,1-4H3,(H2,24,25,26). The van der Waals surface area contributed by atoms with Gasteiger partial charge in [0.2, 0.25) is 0 Å². The quantitative estimate of drug-likeness (QED) is 0.488. The average Bonchev–Trinajstić information content (AvgIpc) is 3.38. The Morgan fingerprint density at radius 3 is 2.50 bits per heavy atom. The van der Waals surface area contributed by atoms with Gasteiger partial charge in [-0.3, -0.25) is 0 Å². The van der Waals surface area contributed by atoms with Gasteiger partial charge in [0.15, 0.2) is 11.8 Å². The van der Waals surface area contributed by atoms with Crippen LogP contribution in [0.4, 0.5) is 0 Å². The van der Waals surface area contributed by atoms with Crippen molar-refractivity contribution in [3.63, 3.8) is 0 Å². The summed E-state index contributed by atoms with van der Waals surface area (Å²) in [7, 11) is 3.67. The number of hydrogen-bond acceptors (Lipinski definition) is 4. The lowest BCUT2D eigenvalue weighted by Crippen LogP contribution is -2.43. The first-order chi connectivity index (χ1) is 14.5. The number of guanidine groups is 1. The summed E-state index contributed by atoms with van der Waals surface area (Å²) in [5, 5.41) is 15.5. The molecule has 30 heavy (non-hydrogen) atoms. The monoisotopic (exact) mass is 412 g/mol. The number of rotatable bonds is 9. The zero-order valence-corrected chi connectivity index (χ0v) is 18.9. The SMILES string of the molecule is CCC1(CNC(=NCc2nnc(C)n2C)NCCc2ccc(OC)cc2)CCCC1. The van der Waals surface area contributed by atoms with Crippen LogP contribution in [0.25, 0.3) is 0 Å². The van der Waals surface area contributed by atoms with Crippen molar-refractivity contribution in [2.24, 2.45) is 17.5 Å². The predicted octanol–water partition coefficient (Wildman–Crippen LogP) is 3.38. The van der Waals surface area contributed by atoms with Crippen molar-refractivity contribution >= 4 is 5.96 Å². The summed E-state index contributed by atoms with van der Waals surface area (Å²) in [5.41, 5.74) is 1.67. The van der Waals surface area contributed by atoms with Gasteiger partial charge in [-0.05, 0) is 55.7 Å². The summed E-state index contributed by atoms with van der Waals surface area (Å²) in [6.45, 7) is 6.56. The molecule has 1 aliphatic rings. The van der Waals surface area contributed by atoms with Crippen molar-refractivity contribution in [2.75, 3.05) is 20.2 Å². The number of nitrogens with one attached hydrogen (secondary N) is 2. The second kappa shape index (κ2) is 10.5. The van der Waals surface area contributed by atoms with Gasteiger partial charge < -0.3 is 19.9 Å². The topological polar surface area (TPSA) is 76.4 Å². The van der Waals surface area contributed by atoms with Gasteiger partial charge in [-0.2, -0.15) is 0 Å². The predicted molar refractivity (Wildman–Crippen MR) is 121 cm³/mol. The molecule has 0 saturated heterocycles. The second-order valence-corrected chi connectivity index (χ2v) is 8.33. The van der Waals surface area contributed by atoms with Crippen LogP contribution in [0.5, 0.6) is 5.75 Å². The number of aliphatic imine (C=N–C) groups is 1. The maximum Gasteiger partial charge on any atom is 0.191 e. The van der Waals surface area contributed by atoms with Gasteiger partial charge in [-0.1, -0.05) is 31.9 Å². The van der Waals surface area contributed by atoms with E-state index in [9.17, 15) is 0 Å². The Morgan fingerprint density at radius 2 is 1.90 bits per heavy atom. The van der Waals surface area contributed by atoms with Crippen LogP contribution in [0.3, 0.4) is 0 Å². The van der Waals surface area contributed by atoms with Gasteiger partial charge in [0, 0.05) is 20.1 Å². The number of methoxy groups -OCH3 is 1. The third-order valence-corrected chi connectivity index (χ3v) is 6.47. The molecule has 2 aromatic rings. The molecule has 0 aliphatic heterocycles. The van der Waals surface area contributed by atoms with Crippen LogP contribution < -0.4 is 15.4 Å². The van der Waals surface area contributed by atoms with Gasteiger partial charge in [0.05, 0.1) is 7.11 Å². The zero-order valence-electron chi connectivity index (χ0n) is 18.9. The second-order valence-electron chi connectivity index (χ2n) is 8.33. The van der Waals surface area contributed by atoms with Gasteiger partial charge in [-0.25, -0.2) is 4.99 Å². The number of benzene rings is 1. The fraction of sp³-hybridized carbons (Fsp3) is 0.609. The van der Waals surface area contributed by atoms with E-state index in [0.717, 1.165) is 42.9 Å². The van der Waals surface area contributed by atoms with Crippen LogP contribution in [0.2, 0.25) is 0 Å². The third-order valence-electron chi connectivity index (χ3n) is 6.47. The van der Waals surface area contributed by atoms with Crippen molar-refractivity contribution in [1.29, 1.82) is 0 Å². The number of nitrogens with zero attached hydrogens (tertiary/aromatic N) is 4. The minimum absolute atomic E-state index is 0.403. The van der Waals surface area contributed by atoms with Crippen LogP contribution in [-0.4, -0.2) is 40.9 Å². The Labute approximate surface area is 180 Å². The van der Waals surface area contributed by atoms with Crippen LogP contribution >= 0.6 is 0 Å². The van der Waals surface area contributed by atoms with Crippen molar-refractivity contribution in [2.45, 2.75) is 58.9 Å². The van der Waals surface area contributed by atoms with E-state index in [0.29, 0.717) is 12.0 Å². The smallest absolute Gasteiger partial charge is 0.191 e. The largest absolute Gasteiger partial charge is 0.497 e. The number of aryl methyl sites for hydroxylation is 1. The molecule has 7 nitrogen and oxygen atoms in total. The molecule has 164 valence electrons. The molecule has 1 aromatic heterocycles. The van der Waals surface area contributed by atoms with E-state index in [1.165, 1.54) is 37.7 Å². The molecule has 0 amide bonds. The molecule has 1 heterocycles. The van der Waals surface area contributed by atoms with E-state index in [2.05, 4.69) is 39.9 Å². The normalized spacial score (nSPS) is 15.9. The lowest BCUT2D eigenvalue weighted by molar-refractivity contribution is 0.283. The van der Waals surface area contributed by atoms with Crippen molar-refractivity contribution in [3.8, 4) is 5.75 Å². The van der Waals surface area contributed by atoms with Gasteiger partial charge in [-0.15, -0.1) is 10.2 Å². The van der Waals surface area contributed by atoms with Crippen molar-refractivity contribution < 1.29 is 4.74 Å². The molecule has 7 heteroatoms. The highest BCUT2D eigenvalue weighted by atomic mass is 16.5. The summed E-state index contributed by atoms with van der Waals surface area (Å²) in [4.78, 5) is 4.80. The summed E-state index contributed by atoms with van der Waals surface area (Å²) < 4.78 is 7.23. The third kappa shape index (κ3) is 5.74. The van der Waals surface area contributed by atoms with Crippen molar-refractivity contribution in [3.05, 3.63) is 41.5 Å². The summed E-state index contributed by atoms with van der Waals surface area (Å²) in [5.74, 6) is 3.51. The molecule has 1 fully saturated rings. The van der Waals surface area contributed by atoms with Crippen LogP contribution in [-0.2, 0) is 20.0 Å². The highest BCUT2D eigenvalue weighted by molar-refractivity contribution is 5.79. The molecule has 1 saturated carbocycles. The zero-order chi connectivity index (χ0) is 21.4. The minimum atomic E-state index is 0.403. The number of aromatic nitrogens is 3. The first kappa shape index (κ1) is 22.1. The van der Waals surface area contributed by atoms with E-state index in [-0.39, 0.29) is 0 Å². The maximum absolute atomic E-state index is 5.24. The molecular formula is C23H36N6O. The Kier molecular flexibility index (Phi) is 7.71. The van der Waals surface area contributed by atoms with E-state index in [1.807, 2.05) is 30.7 Å². The summed E-state index contributed by atoms with van der Waals surface area (Å²) in [6, 6.07) is 8.23. The minimum Gasteiger partial charge on any atom is -0.497 e. The van der Waals surface area contributed by atoms with Crippen LogP contribution in [0.15, 0.2) is 29.3 Å². The van der Waals surface area contributed by atoms with Gasteiger partial charge in [0.25, 0.3) is 0 Å². The van der Waals surface area contributed by atoms with Gasteiger partial charge in [0.1, 0.15) is 18.1 Å². The lowest BCUT2D eigenvalue weighted by atomic mass is 9.83. The first-order valence-corrected chi connectivity index (χ1v) is 11.1. The van der Waals surface area contributed by atoms with Gasteiger partial charge >= 0.3 is 0 Å². The highest BCUT2D eigenvalue weighted by Crippen LogP contribution is 2.40. The van der Waals surface area contributed by atoms with Crippen molar-refractivity contribution in [1.82, 2.24) is 25.4 Å². The molecule has 3 rings (SSSR count). The molecule has 0 radical (unpaired) electrons. The molecule has 0 bridgehead atoms. The Balaban J connectivity index is 1.61. The average molecular weight is 413 g/mol. The Bertz CT molecular complexity index is 821. The van der Waals surface area contributed by atoms with E-state index in [1.54, 1.807) is 7.11 Å². The number of ether oxygens (including phenoxy) is 1. The van der Waals surface area contributed by atoms with Crippen LogP contribution in [0, 0.1) is 12.3 Å². The van der Waals surface area contributed by atoms with E-state index in [4.69, 9.17) is 9.73 Å². The molecule has 0 spiro atoms. The molecular weight excluding hydrogens is 376 g/mol. The summed E-state index contributed by atoms with van der Waals surface area (Å²) >= 11 is 0. The highest BCUT2D eigenvalue weighted by Gasteiger charge is 2.31. The molecule has 0 atom stereocenters. The fourth-order valence-electron chi connectivity index (χ4n) is 4.08. The first-order valence-electron chi connectivity index (χ1n) is 11.1. The molecule has 0 unspecified atom stereocenters. The number of hydrogen-bond donors (Lipinski definition) is 2. The fourth-order valence-corrected chi connectivity index (χ4v) is 4.08. The molecule has 1 aromatic carbocycles. The summed E-state index contributed by atoms with van der Waals surface area (Å²) in [6.07, 6.45) is 7.42. The molecule has 2 N–H and O–H groups in total. The van der Waals surface area contributed by atoms with E-state index < -0.39 is 0 Å². The maximum atomic E-state index is 5.24. The van der Waals surface area contributed by atoms with E-state index >= 15 is 0 Å². The van der Waals surface area contributed by atoms with Crippen LogP contribution in [0.1, 0.15) is 56.2 Å². The molecule has 1 aliphatic carbocycles.